The molecule has 0 saturated heterocycles. The minimum Gasteiger partial charge on any atom is -0.497 e. The van der Waals surface area contributed by atoms with Crippen LogP contribution in [0.1, 0.15) is 0 Å². The van der Waals surface area contributed by atoms with E-state index in [2.05, 4.69) is 15.4 Å². The summed E-state index contributed by atoms with van der Waals surface area (Å²) in [5.74, 6) is 0.603. The largest absolute Gasteiger partial charge is 0.497 e. The van der Waals surface area contributed by atoms with E-state index < -0.39 is 0 Å². The first-order valence-corrected chi connectivity index (χ1v) is 4.61. The number of aromatic amines is 1. The summed E-state index contributed by atoms with van der Waals surface area (Å²) in [7, 11) is 1.54. The summed E-state index contributed by atoms with van der Waals surface area (Å²) in [5, 5.41) is 10.1. The van der Waals surface area contributed by atoms with Gasteiger partial charge in [0.15, 0.2) is 5.52 Å². The molecule has 2 heterocycles. The number of nitrogens with zero attached hydrogens (tertiary/aromatic N) is 2. The molecule has 0 saturated carbocycles. The lowest BCUT2D eigenvalue weighted by Gasteiger charge is -2.00. The van der Waals surface area contributed by atoms with Gasteiger partial charge in [0.1, 0.15) is 11.3 Å². The van der Waals surface area contributed by atoms with E-state index in [0.717, 1.165) is 0 Å². The van der Waals surface area contributed by atoms with Gasteiger partial charge < -0.3 is 9.15 Å². The molecule has 3 rings (SSSR count). The van der Waals surface area contributed by atoms with Gasteiger partial charge in [-0.05, 0) is 18.2 Å². The Morgan fingerprint density at radius 2 is 2.31 bits per heavy atom. The summed E-state index contributed by atoms with van der Waals surface area (Å²) in [6.07, 6.45) is 0. The van der Waals surface area contributed by atoms with Crippen LogP contribution in [0.15, 0.2) is 27.4 Å². The fourth-order valence-corrected chi connectivity index (χ4v) is 1.58. The van der Waals surface area contributed by atoms with Crippen molar-refractivity contribution in [2.45, 2.75) is 0 Å². The van der Waals surface area contributed by atoms with Gasteiger partial charge in [0.05, 0.1) is 12.5 Å². The molecule has 0 fully saturated rings. The lowest BCUT2D eigenvalue weighted by molar-refractivity contribution is 0.415. The number of methoxy groups -OCH3 is 1. The van der Waals surface area contributed by atoms with Gasteiger partial charge in [-0.25, -0.2) is 0 Å². The zero-order valence-corrected chi connectivity index (χ0v) is 8.35. The van der Waals surface area contributed by atoms with Crippen molar-refractivity contribution in [1.82, 2.24) is 15.4 Å². The molecular formula is C10H7N3O3. The lowest BCUT2D eigenvalue weighted by Crippen LogP contribution is -2.02. The van der Waals surface area contributed by atoms with Crippen molar-refractivity contribution in [3.05, 3.63) is 28.4 Å². The highest BCUT2D eigenvalue weighted by Crippen LogP contribution is 2.20. The summed E-state index contributed by atoms with van der Waals surface area (Å²) >= 11 is 0. The van der Waals surface area contributed by atoms with Gasteiger partial charge in [0, 0.05) is 0 Å². The van der Waals surface area contributed by atoms with Crippen LogP contribution in [0.3, 0.4) is 0 Å². The van der Waals surface area contributed by atoms with Gasteiger partial charge in [-0.3, -0.25) is 9.89 Å². The zero-order chi connectivity index (χ0) is 11.1. The maximum atomic E-state index is 12.0. The first kappa shape index (κ1) is 8.90. The number of hydrogen-bond acceptors (Lipinski definition) is 5. The first-order valence-electron chi connectivity index (χ1n) is 4.61. The monoisotopic (exact) mass is 217 g/mol. The predicted octanol–water partition coefficient (Wildman–Crippen LogP) is 1.07. The molecule has 0 amide bonds. The number of ether oxygens (including phenoxy) is 1. The topological polar surface area (TPSA) is 81.0 Å². The number of aromatic nitrogens is 3. The van der Waals surface area contributed by atoms with Crippen LogP contribution < -0.4 is 10.2 Å². The second kappa shape index (κ2) is 3.06. The number of nitrogens with one attached hydrogen (secondary N) is 1. The van der Waals surface area contributed by atoms with Crippen LogP contribution in [0.25, 0.3) is 22.2 Å². The molecular weight excluding hydrogens is 210 g/mol. The Labute approximate surface area is 88.8 Å². The Kier molecular flexibility index (Phi) is 1.70. The summed E-state index contributed by atoms with van der Waals surface area (Å²) in [5.41, 5.74) is 0.746. The Hall–Kier alpha value is -2.37. The van der Waals surface area contributed by atoms with E-state index in [1.165, 1.54) is 0 Å². The van der Waals surface area contributed by atoms with Crippen LogP contribution in [0.5, 0.6) is 5.75 Å². The van der Waals surface area contributed by atoms with Gasteiger partial charge in [0.25, 0.3) is 5.71 Å². The summed E-state index contributed by atoms with van der Waals surface area (Å²) in [6, 6.07) is 5.02. The zero-order valence-electron chi connectivity index (χ0n) is 8.35. The van der Waals surface area contributed by atoms with Crippen molar-refractivity contribution >= 4 is 22.2 Å². The Morgan fingerprint density at radius 3 is 3.12 bits per heavy atom. The van der Waals surface area contributed by atoms with Crippen LogP contribution in [0, 0.1) is 0 Å². The van der Waals surface area contributed by atoms with Crippen molar-refractivity contribution in [3.8, 4) is 5.75 Å². The third-order valence-electron chi connectivity index (χ3n) is 2.38. The molecule has 6 heteroatoms. The van der Waals surface area contributed by atoms with Crippen LogP contribution in [0.2, 0.25) is 0 Å². The van der Waals surface area contributed by atoms with E-state index in [4.69, 9.17) is 9.15 Å². The second-order valence-corrected chi connectivity index (χ2v) is 3.29. The first-order chi connectivity index (χ1) is 7.79. The van der Waals surface area contributed by atoms with Crippen molar-refractivity contribution in [2.75, 3.05) is 7.11 Å². The van der Waals surface area contributed by atoms with Crippen LogP contribution >= 0.6 is 0 Å². The number of hydrogen-bond donors (Lipinski definition) is 1. The SMILES string of the molecule is COc1ccc2oc3nn[nH]c3c(=O)c2c1. The van der Waals surface area contributed by atoms with E-state index in [-0.39, 0.29) is 16.7 Å². The molecule has 3 aromatic rings. The second-order valence-electron chi connectivity index (χ2n) is 3.29. The number of benzene rings is 1. The van der Waals surface area contributed by atoms with Gasteiger partial charge in [0.2, 0.25) is 5.43 Å². The Morgan fingerprint density at radius 1 is 1.44 bits per heavy atom. The highest BCUT2D eigenvalue weighted by Gasteiger charge is 2.10. The van der Waals surface area contributed by atoms with E-state index in [1.54, 1.807) is 25.3 Å². The lowest BCUT2D eigenvalue weighted by atomic mass is 10.2. The molecule has 16 heavy (non-hydrogen) atoms. The molecule has 2 aromatic heterocycles. The molecule has 0 aliphatic rings. The van der Waals surface area contributed by atoms with Gasteiger partial charge in [-0.15, -0.1) is 0 Å². The van der Waals surface area contributed by atoms with Crippen LogP contribution in [-0.2, 0) is 0 Å². The molecule has 0 unspecified atom stereocenters. The summed E-state index contributed by atoms with van der Waals surface area (Å²) < 4.78 is 10.5. The molecule has 1 N–H and O–H groups in total. The Balaban J connectivity index is 2.52. The molecule has 1 aromatic carbocycles. The minimum absolute atomic E-state index is 0.194. The maximum absolute atomic E-state index is 12.0. The Bertz CT molecular complexity index is 729. The molecule has 0 aliphatic carbocycles. The van der Waals surface area contributed by atoms with E-state index in [1.807, 2.05) is 0 Å². The molecule has 6 nitrogen and oxygen atoms in total. The minimum atomic E-state index is -0.194. The predicted molar refractivity (Wildman–Crippen MR) is 56.5 cm³/mol. The van der Waals surface area contributed by atoms with E-state index in [0.29, 0.717) is 16.7 Å². The van der Waals surface area contributed by atoms with Gasteiger partial charge >= 0.3 is 0 Å². The number of H-pyrrole nitrogens is 1. The molecule has 0 atom stereocenters. The summed E-state index contributed by atoms with van der Waals surface area (Å²) in [4.78, 5) is 12.0. The van der Waals surface area contributed by atoms with E-state index >= 15 is 0 Å². The molecule has 80 valence electrons. The molecule has 0 spiro atoms. The maximum Gasteiger partial charge on any atom is 0.270 e. The molecule has 0 radical (unpaired) electrons. The smallest absolute Gasteiger partial charge is 0.270 e. The fraction of sp³-hybridized carbons (Fsp3) is 0.100. The van der Waals surface area contributed by atoms with Crippen molar-refractivity contribution < 1.29 is 9.15 Å². The number of fused-ring (bicyclic) bond motifs is 2. The molecule has 0 bridgehead atoms. The average Bonchev–Trinajstić information content (AvgIpc) is 2.77. The highest BCUT2D eigenvalue weighted by atomic mass is 16.5. The van der Waals surface area contributed by atoms with Crippen molar-refractivity contribution in [2.24, 2.45) is 0 Å². The highest BCUT2D eigenvalue weighted by molar-refractivity contribution is 5.86. The standard InChI is InChI=1S/C10H7N3O3/c1-15-5-2-3-7-6(4-5)9(14)8-10(16-7)12-13-11-8/h2-4H,1H3,(H,11,12,13). The van der Waals surface area contributed by atoms with Gasteiger partial charge in [-0.2, -0.15) is 0 Å². The third kappa shape index (κ3) is 1.10. The quantitative estimate of drug-likeness (QED) is 0.659. The van der Waals surface area contributed by atoms with E-state index in [9.17, 15) is 4.79 Å². The van der Waals surface area contributed by atoms with Crippen LogP contribution in [-0.4, -0.2) is 22.5 Å². The van der Waals surface area contributed by atoms with Crippen LogP contribution in [0.4, 0.5) is 0 Å². The van der Waals surface area contributed by atoms with Crippen molar-refractivity contribution in [1.29, 1.82) is 0 Å². The third-order valence-corrected chi connectivity index (χ3v) is 2.38. The van der Waals surface area contributed by atoms with Crippen molar-refractivity contribution in [3.63, 3.8) is 0 Å². The molecule has 0 aliphatic heterocycles. The summed E-state index contributed by atoms with van der Waals surface area (Å²) in [6.45, 7) is 0. The fourth-order valence-electron chi connectivity index (χ4n) is 1.58. The normalized spacial score (nSPS) is 11.1. The number of rotatable bonds is 1. The average molecular weight is 217 g/mol. The van der Waals surface area contributed by atoms with Gasteiger partial charge in [-0.1, -0.05) is 10.3 Å².